The van der Waals surface area contributed by atoms with Gasteiger partial charge in [-0.3, -0.25) is 9.59 Å². The van der Waals surface area contributed by atoms with E-state index >= 15 is 0 Å². The van der Waals surface area contributed by atoms with Crippen molar-refractivity contribution in [3.63, 3.8) is 0 Å². The van der Waals surface area contributed by atoms with Crippen molar-refractivity contribution in [2.75, 3.05) is 7.11 Å². The Balaban J connectivity index is 2.06. The molecule has 0 saturated carbocycles. The monoisotopic (exact) mass is 465 g/mol. The van der Waals surface area contributed by atoms with Crippen LogP contribution in [0.25, 0.3) is 0 Å². The molecule has 9 heteroatoms. The molecule has 0 aliphatic carbocycles. The number of aromatic hydroxyl groups is 1. The van der Waals surface area contributed by atoms with Gasteiger partial charge >= 0.3 is 0 Å². The maximum Gasteiger partial charge on any atom is 0.262 e. The molecule has 0 heterocycles. The van der Waals surface area contributed by atoms with Crippen molar-refractivity contribution in [2.24, 2.45) is 11.0 Å². The first-order valence-corrected chi connectivity index (χ1v) is 9.48. The molecule has 0 fully saturated rings. The molecule has 0 aromatic heterocycles. The molecule has 1 unspecified atom stereocenters. The third-order valence-corrected chi connectivity index (χ3v) is 4.61. The van der Waals surface area contributed by atoms with Gasteiger partial charge in [-0.25, -0.2) is 9.82 Å². The van der Waals surface area contributed by atoms with Crippen LogP contribution in [0.15, 0.2) is 46.0 Å². The number of halogens is 2. The number of nitrogens with one attached hydrogen (secondary N) is 2. The zero-order chi connectivity index (χ0) is 21.6. The molecule has 2 amide bonds. The lowest BCUT2D eigenvalue weighted by atomic mass is 10.0. The number of benzene rings is 2. The van der Waals surface area contributed by atoms with Crippen molar-refractivity contribution < 1.29 is 23.8 Å². The highest BCUT2D eigenvalue weighted by Gasteiger charge is 2.24. The number of phenolic OH excluding ortho intramolecular Hbond substituents is 1. The molecule has 1 atom stereocenters. The summed E-state index contributed by atoms with van der Waals surface area (Å²) < 4.78 is 18.5. The summed E-state index contributed by atoms with van der Waals surface area (Å²) in [5, 5.41) is 16.3. The second kappa shape index (κ2) is 10.0. The van der Waals surface area contributed by atoms with Crippen LogP contribution in [0.4, 0.5) is 4.39 Å². The van der Waals surface area contributed by atoms with Crippen molar-refractivity contribution in [1.82, 2.24) is 10.7 Å². The van der Waals surface area contributed by atoms with Gasteiger partial charge in [0.15, 0.2) is 11.5 Å². The standard InChI is InChI=1S/C20H21BrFN3O4/c1-11(2)17(24-19(27)13-4-6-14(22)7-5-13)20(28)25-23-10-12-8-15(21)18(26)16(9-12)29-3/h4-11,17,26H,1-3H3,(H,24,27)(H,25,28). The average molecular weight is 466 g/mol. The topological polar surface area (TPSA) is 100 Å². The van der Waals surface area contributed by atoms with Crippen LogP contribution in [0.5, 0.6) is 11.5 Å². The number of methoxy groups -OCH3 is 1. The number of nitrogens with zero attached hydrogens (tertiary/aromatic N) is 1. The zero-order valence-corrected chi connectivity index (χ0v) is 17.7. The Morgan fingerprint density at radius 3 is 2.48 bits per heavy atom. The van der Waals surface area contributed by atoms with Gasteiger partial charge in [0.25, 0.3) is 11.8 Å². The van der Waals surface area contributed by atoms with E-state index in [4.69, 9.17) is 4.74 Å². The van der Waals surface area contributed by atoms with Gasteiger partial charge in [-0.1, -0.05) is 13.8 Å². The number of phenols is 1. The summed E-state index contributed by atoms with van der Waals surface area (Å²) in [6.45, 7) is 3.56. The highest BCUT2D eigenvalue weighted by atomic mass is 79.9. The van der Waals surface area contributed by atoms with Gasteiger partial charge in [0, 0.05) is 5.56 Å². The number of hydrogen-bond acceptors (Lipinski definition) is 5. The molecule has 2 rings (SSSR count). The first-order valence-electron chi connectivity index (χ1n) is 8.68. The molecule has 0 bridgehead atoms. The van der Waals surface area contributed by atoms with Gasteiger partial charge in [-0.15, -0.1) is 0 Å². The van der Waals surface area contributed by atoms with Crippen molar-refractivity contribution >= 4 is 34.0 Å². The fraction of sp³-hybridized carbons (Fsp3) is 0.250. The van der Waals surface area contributed by atoms with Gasteiger partial charge in [0.1, 0.15) is 11.9 Å². The first kappa shape index (κ1) is 22.4. The van der Waals surface area contributed by atoms with Crippen molar-refractivity contribution in [3.05, 3.63) is 57.8 Å². The van der Waals surface area contributed by atoms with E-state index in [2.05, 4.69) is 31.8 Å². The minimum absolute atomic E-state index is 0.0444. The van der Waals surface area contributed by atoms with Crippen LogP contribution in [0.2, 0.25) is 0 Å². The number of carbonyl (C=O) groups excluding carboxylic acids is 2. The minimum Gasteiger partial charge on any atom is -0.503 e. The van der Waals surface area contributed by atoms with Crippen LogP contribution >= 0.6 is 15.9 Å². The van der Waals surface area contributed by atoms with E-state index in [0.717, 1.165) is 0 Å². The van der Waals surface area contributed by atoms with E-state index in [1.165, 1.54) is 37.6 Å². The number of hydrazone groups is 1. The second-order valence-corrected chi connectivity index (χ2v) is 7.34. The Labute approximate surface area is 176 Å². The number of carbonyl (C=O) groups is 2. The molecule has 2 aromatic carbocycles. The van der Waals surface area contributed by atoms with E-state index < -0.39 is 23.7 Å². The van der Waals surface area contributed by atoms with E-state index in [0.29, 0.717) is 10.0 Å². The Morgan fingerprint density at radius 2 is 1.90 bits per heavy atom. The molecular weight excluding hydrogens is 445 g/mol. The molecule has 0 radical (unpaired) electrons. The summed E-state index contributed by atoms with van der Waals surface area (Å²) in [6.07, 6.45) is 1.38. The highest BCUT2D eigenvalue weighted by Crippen LogP contribution is 2.34. The maximum absolute atomic E-state index is 13.0. The number of amides is 2. The summed E-state index contributed by atoms with van der Waals surface area (Å²) in [5.74, 6) is -1.45. The highest BCUT2D eigenvalue weighted by molar-refractivity contribution is 9.10. The third kappa shape index (κ3) is 6.02. The van der Waals surface area contributed by atoms with Gasteiger partial charge in [0.05, 0.1) is 17.8 Å². The van der Waals surface area contributed by atoms with Crippen LogP contribution in [-0.4, -0.2) is 36.3 Å². The predicted octanol–water partition coefficient (Wildman–Crippen LogP) is 3.21. The lowest BCUT2D eigenvalue weighted by Gasteiger charge is -2.20. The van der Waals surface area contributed by atoms with Crippen LogP contribution in [-0.2, 0) is 4.79 Å². The summed E-state index contributed by atoms with van der Waals surface area (Å²) >= 11 is 3.20. The fourth-order valence-corrected chi connectivity index (χ4v) is 2.88. The van der Waals surface area contributed by atoms with Crippen molar-refractivity contribution in [2.45, 2.75) is 19.9 Å². The largest absolute Gasteiger partial charge is 0.503 e. The molecule has 2 aromatic rings. The number of rotatable bonds is 7. The van der Waals surface area contributed by atoms with Crippen LogP contribution in [0.3, 0.4) is 0 Å². The summed E-state index contributed by atoms with van der Waals surface area (Å²) in [5.41, 5.74) is 3.20. The third-order valence-electron chi connectivity index (χ3n) is 4.00. The van der Waals surface area contributed by atoms with Crippen LogP contribution in [0, 0.1) is 11.7 Å². The number of hydrogen-bond donors (Lipinski definition) is 3. The van der Waals surface area contributed by atoms with Gasteiger partial charge in [-0.2, -0.15) is 5.10 Å². The first-order chi connectivity index (χ1) is 13.7. The molecule has 3 N–H and O–H groups in total. The minimum atomic E-state index is -0.842. The quantitative estimate of drug-likeness (QED) is 0.431. The molecular formula is C20H21BrFN3O4. The summed E-state index contributed by atoms with van der Waals surface area (Å²) in [6, 6.07) is 7.34. The lowest BCUT2D eigenvalue weighted by molar-refractivity contribution is -0.123. The Bertz CT molecular complexity index is 917. The smallest absolute Gasteiger partial charge is 0.262 e. The Morgan fingerprint density at radius 1 is 1.24 bits per heavy atom. The molecule has 0 aliphatic rings. The SMILES string of the molecule is COc1cc(C=NNC(=O)C(NC(=O)c2ccc(F)cc2)C(C)C)cc(Br)c1O. The lowest BCUT2D eigenvalue weighted by Crippen LogP contribution is -2.48. The van der Waals surface area contributed by atoms with Crippen molar-refractivity contribution in [1.29, 1.82) is 0 Å². The molecule has 0 saturated heterocycles. The molecule has 0 spiro atoms. The number of ether oxygens (including phenoxy) is 1. The van der Waals surface area contributed by atoms with E-state index in [1.54, 1.807) is 26.0 Å². The van der Waals surface area contributed by atoms with Gasteiger partial charge < -0.3 is 15.2 Å². The molecule has 0 aliphatic heterocycles. The Kier molecular flexibility index (Phi) is 7.72. The molecule has 154 valence electrons. The van der Waals surface area contributed by atoms with Crippen LogP contribution in [0.1, 0.15) is 29.8 Å². The van der Waals surface area contributed by atoms with E-state index in [-0.39, 0.29) is 23.0 Å². The predicted molar refractivity (Wildman–Crippen MR) is 111 cm³/mol. The fourth-order valence-electron chi connectivity index (χ4n) is 2.42. The molecule has 29 heavy (non-hydrogen) atoms. The van der Waals surface area contributed by atoms with Crippen LogP contribution < -0.4 is 15.5 Å². The van der Waals surface area contributed by atoms with Gasteiger partial charge in [0.2, 0.25) is 0 Å². The Hall–Kier alpha value is -2.94. The second-order valence-electron chi connectivity index (χ2n) is 6.49. The zero-order valence-electron chi connectivity index (χ0n) is 16.1. The molecule has 7 nitrogen and oxygen atoms in total. The maximum atomic E-state index is 13.0. The van der Waals surface area contributed by atoms with E-state index in [1.807, 2.05) is 0 Å². The van der Waals surface area contributed by atoms with E-state index in [9.17, 15) is 19.1 Å². The summed E-state index contributed by atoms with van der Waals surface area (Å²) in [7, 11) is 1.42. The summed E-state index contributed by atoms with van der Waals surface area (Å²) in [4.78, 5) is 24.8. The van der Waals surface area contributed by atoms with Crippen molar-refractivity contribution in [3.8, 4) is 11.5 Å². The van der Waals surface area contributed by atoms with Gasteiger partial charge in [-0.05, 0) is 63.8 Å². The normalized spacial score (nSPS) is 12.1. The average Bonchev–Trinajstić information content (AvgIpc) is 2.68.